The van der Waals surface area contributed by atoms with Gasteiger partial charge >= 0.3 is 0 Å². The van der Waals surface area contributed by atoms with Gasteiger partial charge in [0.05, 0.1) is 0 Å². The first kappa shape index (κ1) is 10.4. The molecule has 15 heavy (non-hydrogen) atoms. The van der Waals surface area contributed by atoms with Crippen LogP contribution in [0.1, 0.15) is 17.9 Å². The summed E-state index contributed by atoms with van der Waals surface area (Å²) in [5, 5.41) is 2.89. The van der Waals surface area contributed by atoms with E-state index in [1.54, 1.807) is 0 Å². The summed E-state index contributed by atoms with van der Waals surface area (Å²) < 4.78 is 52.3. The zero-order valence-electron chi connectivity index (χ0n) is 7.79. The van der Waals surface area contributed by atoms with Gasteiger partial charge in [0.1, 0.15) is 0 Å². The lowest BCUT2D eigenvalue weighted by Crippen LogP contribution is -2.12. The van der Waals surface area contributed by atoms with Crippen LogP contribution in [-0.2, 0) is 0 Å². The fourth-order valence-corrected chi connectivity index (χ4v) is 1.85. The third-order valence-corrected chi connectivity index (χ3v) is 2.61. The van der Waals surface area contributed by atoms with E-state index in [4.69, 9.17) is 0 Å². The third-order valence-electron chi connectivity index (χ3n) is 2.61. The van der Waals surface area contributed by atoms with Gasteiger partial charge in [0.15, 0.2) is 23.3 Å². The van der Waals surface area contributed by atoms with Crippen LogP contribution < -0.4 is 5.32 Å². The Hall–Kier alpha value is -1.10. The van der Waals surface area contributed by atoms with E-state index < -0.39 is 34.8 Å². The maximum Gasteiger partial charge on any atom is 0.165 e. The molecule has 0 bridgehead atoms. The van der Waals surface area contributed by atoms with Crippen molar-refractivity contribution in [3.63, 3.8) is 0 Å². The highest BCUT2D eigenvalue weighted by Gasteiger charge is 2.27. The number of benzene rings is 1. The van der Waals surface area contributed by atoms with Crippen LogP contribution in [-0.4, -0.2) is 13.1 Å². The van der Waals surface area contributed by atoms with Crippen molar-refractivity contribution in [2.75, 3.05) is 13.1 Å². The van der Waals surface area contributed by atoms with E-state index in [0.29, 0.717) is 19.5 Å². The SMILES string of the molecule is Fc1cc(F)c(F)c([C@H]2CCNC2)c1F. The monoisotopic (exact) mass is 219 g/mol. The molecule has 1 aromatic rings. The molecule has 1 atom stereocenters. The van der Waals surface area contributed by atoms with Crippen LogP contribution in [0.5, 0.6) is 0 Å². The largest absolute Gasteiger partial charge is 0.316 e. The molecule has 0 aromatic heterocycles. The maximum absolute atomic E-state index is 13.3. The van der Waals surface area contributed by atoms with Crippen LogP contribution in [0.2, 0.25) is 0 Å². The minimum atomic E-state index is -1.34. The van der Waals surface area contributed by atoms with Gasteiger partial charge in [-0.1, -0.05) is 0 Å². The van der Waals surface area contributed by atoms with Gasteiger partial charge in [0.25, 0.3) is 0 Å². The molecule has 1 aliphatic heterocycles. The highest BCUT2D eigenvalue weighted by molar-refractivity contribution is 5.27. The average molecular weight is 219 g/mol. The molecule has 1 fully saturated rings. The predicted molar refractivity (Wildman–Crippen MR) is 46.5 cm³/mol. The summed E-state index contributed by atoms with van der Waals surface area (Å²) >= 11 is 0. The molecule has 0 aliphatic carbocycles. The Labute approximate surface area is 84.1 Å². The molecule has 1 aromatic carbocycles. The standard InChI is InChI=1S/C10H9F4N/c11-6-3-7(12)10(14)8(9(6)13)5-1-2-15-4-5/h3,5,15H,1-2,4H2/t5-/m0/s1. The second-order valence-corrected chi connectivity index (χ2v) is 3.57. The molecule has 0 unspecified atom stereocenters. The summed E-state index contributed by atoms with van der Waals surface area (Å²) in [6, 6.07) is 0.233. The average Bonchev–Trinajstić information content (AvgIpc) is 2.69. The van der Waals surface area contributed by atoms with Crippen molar-refractivity contribution < 1.29 is 17.6 Å². The molecule has 2 rings (SSSR count). The first-order valence-electron chi connectivity index (χ1n) is 4.65. The summed E-state index contributed by atoms with van der Waals surface area (Å²) in [6.45, 7) is 0.943. The van der Waals surface area contributed by atoms with E-state index in [-0.39, 0.29) is 6.07 Å². The Morgan fingerprint density at radius 1 is 1.07 bits per heavy atom. The molecule has 1 nitrogen and oxygen atoms in total. The molecule has 1 aliphatic rings. The van der Waals surface area contributed by atoms with Crippen LogP contribution in [0.15, 0.2) is 6.07 Å². The highest BCUT2D eigenvalue weighted by Crippen LogP contribution is 2.30. The number of hydrogen-bond donors (Lipinski definition) is 1. The molecule has 1 heterocycles. The van der Waals surface area contributed by atoms with E-state index in [2.05, 4.69) is 5.32 Å². The first-order valence-corrected chi connectivity index (χ1v) is 4.65. The van der Waals surface area contributed by atoms with Gasteiger partial charge in [-0.2, -0.15) is 0 Å². The van der Waals surface area contributed by atoms with E-state index in [0.717, 1.165) is 0 Å². The minimum Gasteiger partial charge on any atom is -0.316 e. The molecule has 5 heteroatoms. The van der Waals surface area contributed by atoms with Gasteiger partial charge in [-0.15, -0.1) is 0 Å². The molecular weight excluding hydrogens is 210 g/mol. The second-order valence-electron chi connectivity index (χ2n) is 3.57. The van der Waals surface area contributed by atoms with E-state index in [1.807, 2.05) is 0 Å². The van der Waals surface area contributed by atoms with Gasteiger partial charge in [0.2, 0.25) is 0 Å². The van der Waals surface area contributed by atoms with E-state index >= 15 is 0 Å². The van der Waals surface area contributed by atoms with Crippen molar-refractivity contribution in [1.29, 1.82) is 0 Å². The molecule has 0 spiro atoms. The normalized spacial score (nSPS) is 20.9. The number of rotatable bonds is 1. The number of nitrogens with one attached hydrogen (secondary N) is 1. The zero-order valence-corrected chi connectivity index (χ0v) is 7.79. The summed E-state index contributed by atoms with van der Waals surface area (Å²) in [5.74, 6) is -5.72. The van der Waals surface area contributed by atoms with Crippen molar-refractivity contribution in [2.24, 2.45) is 0 Å². The van der Waals surface area contributed by atoms with Crippen molar-refractivity contribution in [3.05, 3.63) is 34.9 Å². The van der Waals surface area contributed by atoms with Gasteiger partial charge in [-0.05, 0) is 13.0 Å². The zero-order chi connectivity index (χ0) is 11.0. The van der Waals surface area contributed by atoms with Crippen molar-refractivity contribution in [2.45, 2.75) is 12.3 Å². The summed E-state index contributed by atoms with van der Waals surface area (Å²) in [5.41, 5.74) is -0.475. The topological polar surface area (TPSA) is 12.0 Å². The molecular formula is C10H9F4N. The lowest BCUT2D eigenvalue weighted by Gasteiger charge is -2.12. The van der Waals surface area contributed by atoms with Crippen molar-refractivity contribution in [3.8, 4) is 0 Å². The molecule has 82 valence electrons. The third kappa shape index (κ3) is 1.71. The Bertz CT molecular complexity index is 359. The molecule has 1 N–H and O–H groups in total. The van der Waals surface area contributed by atoms with E-state index in [1.165, 1.54) is 0 Å². The molecule has 0 saturated carbocycles. The lowest BCUT2D eigenvalue weighted by molar-refractivity contribution is 0.429. The first-order chi connectivity index (χ1) is 7.11. The molecule has 0 radical (unpaired) electrons. The number of halogens is 4. The lowest BCUT2D eigenvalue weighted by atomic mass is 9.97. The van der Waals surface area contributed by atoms with Gasteiger partial charge in [-0.25, -0.2) is 17.6 Å². The van der Waals surface area contributed by atoms with Crippen molar-refractivity contribution in [1.82, 2.24) is 5.32 Å². The Morgan fingerprint density at radius 2 is 1.67 bits per heavy atom. The van der Waals surface area contributed by atoms with Crippen LogP contribution in [0.3, 0.4) is 0 Å². The van der Waals surface area contributed by atoms with Crippen molar-refractivity contribution >= 4 is 0 Å². The van der Waals surface area contributed by atoms with E-state index in [9.17, 15) is 17.6 Å². The number of hydrogen-bond acceptors (Lipinski definition) is 1. The highest BCUT2D eigenvalue weighted by atomic mass is 19.2. The van der Waals surface area contributed by atoms with Crippen LogP contribution in [0, 0.1) is 23.3 Å². The summed E-state index contributed by atoms with van der Waals surface area (Å²) in [7, 11) is 0. The Balaban J connectivity index is 2.52. The summed E-state index contributed by atoms with van der Waals surface area (Å²) in [4.78, 5) is 0. The van der Waals surface area contributed by atoms with Crippen LogP contribution in [0.25, 0.3) is 0 Å². The predicted octanol–water partition coefficient (Wildman–Crippen LogP) is 2.32. The van der Waals surface area contributed by atoms with Crippen LogP contribution in [0.4, 0.5) is 17.6 Å². The summed E-state index contributed by atoms with van der Waals surface area (Å²) in [6.07, 6.45) is 0.483. The van der Waals surface area contributed by atoms with Crippen LogP contribution >= 0.6 is 0 Å². The fourth-order valence-electron chi connectivity index (χ4n) is 1.85. The second kappa shape index (κ2) is 3.81. The fraction of sp³-hybridized carbons (Fsp3) is 0.400. The van der Waals surface area contributed by atoms with Gasteiger partial charge in [0, 0.05) is 24.1 Å². The van der Waals surface area contributed by atoms with Gasteiger partial charge < -0.3 is 5.32 Å². The maximum atomic E-state index is 13.3. The molecule has 1 saturated heterocycles. The molecule has 0 amide bonds. The van der Waals surface area contributed by atoms with Gasteiger partial charge in [-0.3, -0.25) is 0 Å². The quantitative estimate of drug-likeness (QED) is 0.564. The smallest absolute Gasteiger partial charge is 0.165 e. The Kier molecular flexibility index (Phi) is 2.65. The Morgan fingerprint density at radius 3 is 2.13 bits per heavy atom. The minimum absolute atomic E-state index is 0.233.